The van der Waals surface area contributed by atoms with Crippen molar-refractivity contribution in [3.8, 4) is 5.75 Å². The van der Waals surface area contributed by atoms with Crippen molar-refractivity contribution in [2.75, 3.05) is 0 Å². The number of rotatable bonds is 6. The molecule has 114 valence electrons. The molecule has 0 heterocycles. The van der Waals surface area contributed by atoms with E-state index in [0.29, 0.717) is 6.61 Å². The first kappa shape index (κ1) is 15.8. The smallest absolute Gasteiger partial charge is 0.331 e. The van der Waals surface area contributed by atoms with Crippen molar-refractivity contribution in [1.82, 2.24) is 0 Å². The average Bonchev–Trinajstić information content (AvgIpc) is 2.52. The monoisotopic (exact) mass is 296 g/mol. The summed E-state index contributed by atoms with van der Waals surface area (Å²) in [6.45, 7) is 4.19. The van der Waals surface area contributed by atoms with Crippen molar-refractivity contribution in [2.24, 2.45) is 0 Å². The van der Waals surface area contributed by atoms with E-state index in [1.54, 1.807) is 6.08 Å². The van der Waals surface area contributed by atoms with Crippen LogP contribution in [0.25, 0.3) is 6.08 Å². The summed E-state index contributed by atoms with van der Waals surface area (Å²) in [6, 6.07) is 17.6. The first-order chi connectivity index (χ1) is 10.6. The van der Waals surface area contributed by atoms with E-state index in [4.69, 9.17) is 9.47 Å². The van der Waals surface area contributed by atoms with Crippen LogP contribution < -0.4 is 4.74 Å². The van der Waals surface area contributed by atoms with E-state index < -0.39 is 0 Å². The summed E-state index contributed by atoms with van der Waals surface area (Å²) in [6.07, 6.45) is 3.05. The molecular weight excluding hydrogens is 276 g/mol. The van der Waals surface area contributed by atoms with Crippen LogP contribution in [-0.4, -0.2) is 12.1 Å². The Kier molecular flexibility index (Phi) is 5.78. The maximum Gasteiger partial charge on any atom is 0.331 e. The summed E-state index contributed by atoms with van der Waals surface area (Å²) in [5.41, 5.74) is 2.05. The largest absolute Gasteiger partial charge is 0.489 e. The molecule has 3 nitrogen and oxygen atoms in total. The topological polar surface area (TPSA) is 35.5 Å². The molecule has 0 aliphatic rings. The van der Waals surface area contributed by atoms with Crippen molar-refractivity contribution >= 4 is 12.0 Å². The Hall–Kier alpha value is -2.55. The van der Waals surface area contributed by atoms with E-state index in [0.717, 1.165) is 16.9 Å². The number of carbonyl (C=O) groups excluding carboxylic acids is 1. The highest BCUT2D eigenvalue weighted by Crippen LogP contribution is 2.15. The molecule has 0 spiro atoms. The maximum atomic E-state index is 11.4. The summed E-state index contributed by atoms with van der Waals surface area (Å²) in [5.74, 6) is 0.463. The molecule has 0 unspecified atom stereocenters. The normalized spacial score (nSPS) is 10.9. The number of esters is 1. The van der Waals surface area contributed by atoms with Crippen LogP contribution in [0.2, 0.25) is 0 Å². The average molecular weight is 296 g/mol. The van der Waals surface area contributed by atoms with Gasteiger partial charge >= 0.3 is 5.97 Å². The van der Waals surface area contributed by atoms with Gasteiger partial charge in [0.15, 0.2) is 0 Å². The standard InChI is InChI=1S/C19H20O3/c1-15(2)22-19(20)13-10-16-8-11-18(12-9-16)21-14-17-6-4-3-5-7-17/h3-13,15H,14H2,1-2H3/b13-10+. The lowest BCUT2D eigenvalue weighted by atomic mass is 10.2. The highest BCUT2D eigenvalue weighted by molar-refractivity contribution is 5.87. The van der Waals surface area contributed by atoms with Crippen LogP contribution in [0.5, 0.6) is 5.75 Å². The van der Waals surface area contributed by atoms with E-state index >= 15 is 0 Å². The minimum Gasteiger partial charge on any atom is -0.489 e. The molecular formula is C19H20O3. The predicted molar refractivity (Wildman–Crippen MR) is 87.5 cm³/mol. The van der Waals surface area contributed by atoms with Gasteiger partial charge in [-0.2, -0.15) is 0 Å². The van der Waals surface area contributed by atoms with Gasteiger partial charge in [0.1, 0.15) is 12.4 Å². The number of hydrogen-bond acceptors (Lipinski definition) is 3. The van der Waals surface area contributed by atoms with Crippen LogP contribution in [0.4, 0.5) is 0 Å². The lowest BCUT2D eigenvalue weighted by molar-refractivity contribution is -0.141. The zero-order valence-electron chi connectivity index (χ0n) is 12.9. The van der Waals surface area contributed by atoms with Gasteiger partial charge in [0, 0.05) is 6.08 Å². The molecule has 0 fully saturated rings. The molecule has 2 rings (SSSR count). The third-order valence-corrected chi connectivity index (χ3v) is 2.89. The molecule has 0 aromatic heterocycles. The fourth-order valence-corrected chi connectivity index (χ4v) is 1.85. The van der Waals surface area contributed by atoms with E-state index in [1.165, 1.54) is 6.08 Å². The van der Waals surface area contributed by atoms with Crippen molar-refractivity contribution < 1.29 is 14.3 Å². The summed E-state index contributed by atoms with van der Waals surface area (Å²) in [7, 11) is 0. The quantitative estimate of drug-likeness (QED) is 0.591. The second kappa shape index (κ2) is 8.03. The van der Waals surface area contributed by atoms with Crippen molar-refractivity contribution in [3.05, 3.63) is 71.8 Å². The molecule has 22 heavy (non-hydrogen) atoms. The lowest BCUT2D eigenvalue weighted by Gasteiger charge is -2.06. The number of hydrogen-bond donors (Lipinski definition) is 0. The van der Waals surface area contributed by atoms with Gasteiger partial charge in [-0.05, 0) is 43.2 Å². The fourth-order valence-electron chi connectivity index (χ4n) is 1.85. The minimum absolute atomic E-state index is 0.106. The molecule has 0 radical (unpaired) electrons. The van der Waals surface area contributed by atoms with Crippen LogP contribution in [-0.2, 0) is 16.1 Å². The summed E-state index contributed by atoms with van der Waals surface area (Å²) in [4.78, 5) is 11.4. The van der Waals surface area contributed by atoms with Gasteiger partial charge in [-0.1, -0.05) is 42.5 Å². The Bertz CT molecular complexity index is 613. The zero-order valence-corrected chi connectivity index (χ0v) is 12.9. The van der Waals surface area contributed by atoms with Crippen molar-refractivity contribution in [3.63, 3.8) is 0 Å². The van der Waals surface area contributed by atoms with Gasteiger partial charge in [0.05, 0.1) is 6.10 Å². The van der Waals surface area contributed by atoms with E-state index in [-0.39, 0.29) is 12.1 Å². The molecule has 0 aliphatic carbocycles. The number of benzene rings is 2. The van der Waals surface area contributed by atoms with Crippen molar-refractivity contribution in [2.45, 2.75) is 26.6 Å². The Morgan fingerprint density at radius 1 is 1.05 bits per heavy atom. The Labute approximate surface area is 131 Å². The fraction of sp³-hybridized carbons (Fsp3) is 0.211. The van der Waals surface area contributed by atoms with Gasteiger partial charge in [-0.25, -0.2) is 4.79 Å². The Morgan fingerprint density at radius 3 is 2.36 bits per heavy atom. The highest BCUT2D eigenvalue weighted by Gasteiger charge is 2.00. The molecule has 0 saturated heterocycles. The molecule has 2 aromatic carbocycles. The highest BCUT2D eigenvalue weighted by atomic mass is 16.5. The molecule has 0 saturated carbocycles. The first-order valence-corrected chi connectivity index (χ1v) is 7.29. The van der Waals surface area contributed by atoms with Crippen LogP contribution >= 0.6 is 0 Å². The summed E-state index contributed by atoms with van der Waals surface area (Å²) < 4.78 is 10.7. The van der Waals surface area contributed by atoms with E-state index in [2.05, 4.69) is 0 Å². The number of ether oxygens (including phenoxy) is 2. The second-order valence-electron chi connectivity index (χ2n) is 5.16. The number of carbonyl (C=O) groups is 1. The van der Waals surface area contributed by atoms with Gasteiger partial charge < -0.3 is 9.47 Å². The molecule has 0 amide bonds. The third-order valence-electron chi connectivity index (χ3n) is 2.89. The molecule has 2 aromatic rings. The molecule has 3 heteroatoms. The minimum atomic E-state index is -0.334. The lowest BCUT2D eigenvalue weighted by Crippen LogP contribution is -2.08. The molecule has 0 aliphatic heterocycles. The zero-order chi connectivity index (χ0) is 15.8. The predicted octanol–water partition coefficient (Wildman–Crippen LogP) is 4.23. The molecule has 0 bridgehead atoms. The summed E-state index contributed by atoms with van der Waals surface area (Å²) in [5, 5.41) is 0. The first-order valence-electron chi connectivity index (χ1n) is 7.29. The Morgan fingerprint density at radius 2 is 1.73 bits per heavy atom. The van der Waals surface area contributed by atoms with E-state index in [9.17, 15) is 4.79 Å². The maximum absolute atomic E-state index is 11.4. The Balaban J connectivity index is 1.87. The van der Waals surface area contributed by atoms with Gasteiger partial charge in [0.2, 0.25) is 0 Å². The molecule has 0 N–H and O–H groups in total. The van der Waals surface area contributed by atoms with E-state index in [1.807, 2.05) is 68.4 Å². The second-order valence-corrected chi connectivity index (χ2v) is 5.16. The van der Waals surface area contributed by atoms with Crippen LogP contribution in [0.3, 0.4) is 0 Å². The van der Waals surface area contributed by atoms with Crippen molar-refractivity contribution in [1.29, 1.82) is 0 Å². The van der Waals surface area contributed by atoms with Gasteiger partial charge in [-0.15, -0.1) is 0 Å². The van der Waals surface area contributed by atoms with Gasteiger partial charge in [-0.3, -0.25) is 0 Å². The summed E-state index contributed by atoms with van der Waals surface area (Å²) >= 11 is 0. The van der Waals surface area contributed by atoms with Gasteiger partial charge in [0.25, 0.3) is 0 Å². The van der Waals surface area contributed by atoms with Crippen LogP contribution in [0.1, 0.15) is 25.0 Å². The third kappa shape index (κ3) is 5.44. The van der Waals surface area contributed by atoms with Crippen LogP contribution in [0, 0.1) is 0 Å². The van der Waals surface area contributed by atoms with Crippen LogP contribution in [0.15, 0.2) is 60.7 Å². The SMILES string of the molecule is CC(C)OC(=O)/C=C/c1ccc(OCc2ccccc2)cc1. The molecule has 0 atom stereocenters.